The van der Waals surface area contributed by atoms with E-state index in [0.717, 1.165) is 16.0 Å². The van der Waals surface area contributed by atoms with Gasteiger partial charge in [0.15, 0.2) is 0 Å². The van der Waals surface area contributed by atoms with Crippen LogP contribution in [-0.2, 0) is 22.5 Å². The molecule has 0 unspecified atom stereocenters. The molecule has 0 spiro atoms. The summed E-state index contributed by atoms with van der Waals surface area (Å²) in [5, 5.41) is 0. The standard InChI is InChI=1S/C29H29FN2O4/c1-35-25-14-12-23(13-15-25)26-18-31(17-22-10-6-3-7-11-22)20-29(26,30)27(33)32-24(19-36-28(32)34)16-21-8-4-2-5-9-21/h2-15,24,26H,16-20H2,1H3/t24-,26-,29-/m1/s1. The summed E-state index contributed by atoms with van der Waals surface area (Å²) in [5.41, 5.74) is 0.386. The van der Waals surface area contributed by atoms with E-state index in [0.29, 0.717) is 30.8 Å². The molecule has 186 valence electrons. The molecule has 3 atom stereocenters. The molecule has 0 aromatic heterocycles. The van der Waals surface area contributed by atoms with Gasteiger partial charge in [-0.3, -0.25) is 9.69 Å². The van der Waals surface area contributed by atoms with Gasteiger partial charge in [0.25, 0.3) is 5.91 Å². The highest BCUT2D eigenvalue weighted by molar-refractivity contribution is 5.99. The number of rotatable bonds is 7. The number of halogens is 1. The number of alkyl halides is 1. The number of hydrogen-bond acceptors (Lipinski definition) is 5. The summed E-state index contributed by atoms with van der Waals surface area (Å²) >= 11 is 0. The van der Waals surface area contributed by atoms with E-state index in [4.69, 9.17) is 9.47 Å². The Hall–Kier alpha value is -3.71. The van der Waals surface area contributed by atoms with Gasteiger partial charge in [-0.2, -0.15) is 0 Å². The van der Waals surface area contributed by atoms with Gasteiger partial charge in [0.1, 0.15) is 12.4 Å². The number of carbonyl (C=O) groups is 2. The molecule has 6 nitrogen and oxygen atoms in total. The third-order valence-corrected chi connectivity index (χ3v) is 7.06. The zero-order chi connectivity index (χ0) is 25.1. The largest absolute Gasteiger partial charge is 0.497 e. The molecule has 0 radical (unpaired) electrons. The van der Waals surface area contributed by atoms with Crippen molar-refractivity contribution in [3.8, 4) is 5.75 Å². The zero-order valence-electron chi connectivity index (χ0n) is 20.2. The van der Waals surface area contributed by atoms with Crippen LogP contribution >= 0.6 is 0 Å². The molecule has 0 saturated carbocycles. The lowest BCUT2D eigenvalue weighted by Gasteiger charge is -2.31. The van der Waals surface area contributed by atoms with Crippen LogP contribution in [0.5, 0.6) is 5.75 Å². The van der Waals surface area contributed by atoms with E-state index in [1.165, 1.54) is 0 Å². The Morgan fingerprint density at radius 3 is 2.28 bits per heavy atom. The third-order valence-electron chi connectivity index (χ3n) is 7.06. The second-order valence-corrected chi connectivity index (χ2v) is 9.44. The fraction of sp³-hybridized carbons (Fsp3) is 0.310. The summed E-state index contributed by atoms with van der Waals surface area (Å²) in [6, 6.07) is 25.9. The molecular formula is C29H29FN2O4. The quantitative estimate of drug-likeness (QED) is 0.487. The topological polar surface area (TPSA) is 59.1 Å². The van der Waals surface area contributed by atoms with E-state index in [1.807, 2.05) is 65.6 Å². The lowest BCUT2D eigenvalue weighted by molar-refractivity contribution is -0.142. The van der Waals surface area contributed by atoms with Crippen molar-refractivity contribution in [1.29, 1.82) is 0 Å². The van der Waals surface area contributed by atoms with Crippen LogP contribution in [0.3, 0.4) is 0 Å². The van der Waals surface area contributed by atoms with Crippen molar-refractivity contribution in [2.45, 2.75) is 30.6 Å². The first-order valence-electron chi connectivity index (χ1n) is 12.1. The van der Waals surface area contributed by atoms with E-state index >= 15 is 4.39 Å². The number of hydrogen-bond donors (Lipinski definition) is 0. The van der Waals surface area contributed by atoms with Crippen LogP contribution < -0.4 is 4.74 Å². The van der Waals surface area contributed by atoms with Gasteiger partial charge in [-0.05, 0) is 35.2 Å². The van der Waals surface area contributed by atoms with Gasteiger partial charge < -0.3 is 9.47 Å². The average Bonchev–Trinajstić information content (AvgIpc) is 3.44. The highest BCUT2D eigenvalue weighted by atomic mass is 19.1. The van der Waals surface area contributed by atoms with E-state index in [-0.39, 0.29) is 13.2 Å². The van der Waals surface area contributed by atoms with E-state index in [1.54, 1.807) is 31.4 Å². The van der Waals surface area contributed by atoms with Gasteiger partial charge in [-0.25, -0.2) is 14.1 Å². The molecule has 2 amide bonds. The number of ether oxygens (including phenoxy) is 2. The van der Waals surface area contributed by atoms with Crippen LogP contribution in [0.15, 0.2) is 84.9 Å². The Morgan fingerprint density at radius 2 is 1.64 bits per heavy atom. The van der Waals surface area contributed by atoms with E-state index in [2.05, 4.69) is 0 Å². The van der Waals surface area contributed by atoms with Crippen molar-refractivity contribution in [2.24, 2.45) is 0 Å². The fourth-order valence-corrected chi connectivity index (χ4v) is 5.23. The normalized spacial score (nSPS) is 24.1. The van der Waals surface area contributed by atoms with Crippen LogP contribution in [0.2, 0.25) is 0 Å². The van der Waals surface area contributed by atoms with Crippen molar-refractivity contribution in [3.63, 3.8) is 0 Å². The van der Waals surface area contributed by atoms with Crippen LogP contribution in [-0.4, -0.2) is 60.3 Å². The van der Waals surface area contributed by atoms with Gasteiger partial charge in [0.05, 0.1) is 13.2 Å². The predicted molar refractivity (Wildman–Crippen MR) is 133 cm³/mol. The van der Waals surface area contributed by atoms with Crippen LogP contribution in [0.1, 0.15) is 22.6 Å². The van der Waals surface area contributed by atoms with Crippen LogP contribution in [0, 0.1) is 0 Å². The second-order valence-electron chi connectivity index (χ2n) is 9.44. The minimum absolute atomic E-state index is 0.0521. The first kappa shape index (κ1) is 24.0. The summed E-state index contributed by atoms with van der Waals surface area (Å²) in [7, 11) is 1.57. The number of imide groups is 1. The van der Waals surface area contributed by atoms with Crippen molar-refractivity contribution in [3.05, 3.63) is 102 Å². The van der Waals surface area contributed by atoms with E-state index < -0.39 is 29.6 Å². The molecule has 0 N–H and O–H groups in total. The number of methoxy groups -OCH3 is 1. The molecule has 3 aromatic rings. The summed E-state index contributed by atoms with van der Waals surface area (Å²) < 4.78 is 27.6. The number of likely N-dealkylation sites (tertiary alicyclic amines) is 1. The molecule has 5 rings (SSSR count). The average molecular weight is 489 g/mol. The minimum Gasteiger partial charge on any atom is -0.497 e. The van der Waals surface area contributed by atoms with E-state index in [9.17, 15) is 9.59 Å². The molecule has 2 aliphatic heterocycles. The monoisotopic (exact) mass is 488 g/mol. The summed E-state index contributed by atoms with van der Waals surface area (Å²) in [5.74, 6) is -0.924. The third kappa shape index (κ3) is 4.71. The lowest BCUT2D eigenvalue weighted by Crippen LogP contribution is -2.53. The number of nitrogens with zero attached hydrogens (tertiary/aromatic N) is 2. The number of carbonyl (C=O) groups excluding carboxylic acids is 2. The lowest BCUT2D eigenvalue weighted by atomic mass is 9.85. The molecule has 7 heteroatoms. The molecule has 2 heterocycles. The van der Waals surface area contributed by atoms with Gasteiger partial charge in [0.2, 0.25) is 5.67 Å². The first-order chi connectivity index (χ1) is 17.5. The SMILES string of the molecule is COc1ccc([C@H]2CN(Cc3ccccc3)C[C@]2(F)C(=O)N2C(=O)OC[C@H]2Cc2ccccc2)cc1. The van der Waals surface area contributed by atoms with Crippen LogP contribution in [0.4, 0.5) is 9.18 Å². The smallest absolute Gasteiger partial charge is 0.417 e. The number of benzene rings is 3. The highest BCUT2D eigenvalue weighted by Gasteiger charge is 2.58. The molecule has 3 aromatic carbocycles. The van der Waals surface area contributed by atoms with Crippen molar-refractivity contribution >= 4 is 12.0 Å². The zero-order valence-corrected chi connectivity index (χ0v) is 20.2. The Kier molecular flexibility index (Phi) is 6.74. The summed E-state index contributed by atoms with van der Waals surface area (Å²) in [6.07, 6.45) is -0.372. The molecule has 0 aliphatic carbocycles. The second kappa shape index (κ2) is 10.1. The van der Waals surface area contributed by atoms with Gasteiger partial charge in [-0.15, -0.1) is 0 Å². The fourth-order valence-electron chi connectivity index (χ4n) is 5.23. The van der Waals surface area contributed by atoms with Gasteiger partial charge in [-0.1, -0.05) is 72.8 Å². The number of cyclic esters (lactones) is 1. The maximum absolute atomic E-state index is 17.1. The predicted octanol–water partition coefficient (Wildman–Crippen LogP) is 4.59. The molecule has 2 saturated heterocycles. The van der Waals surface area contributed by atoms with Crippen molar-refractivity contribution in [1.82, 2.24) is 9.80 Å². The summed E-state index contributed by atoms with van der Waals surface area (Å²) in [4.78, 5) is 29.5. The van der Waals surface area contributed by atoms with Gasteiger partial charge >= 0.3 is 6.09 Å². The Bertz CT molecular complexity index is 1200. The minimum atomic E-state index is -2.29. The molecule has 0 bridgehead atoms. The Balaban J connectivity index is 1.45. The Labute approximate surface area is 210 Å². The van der Waals surface area contributed by atoms with Crippen molar-refractivity contribution < 1.29 is 23.5 Å². The summed E-state index contributed by atoms with van der Waals surface area (Å²) in [6.45, 7) is 0.787. The maximum atomic E-state index is 17.1. The van der Waals surface area contributed by atoms with Crippen molar-refractivity contribution in [2.75, 3.05) is 26.8 Å². The maximum Gasteiger partial charge on any atom is 0.417 e. The highest BCUT2D eigenvalue weighted by Crippen LogP contribution is 2.42. The molecule has 2 aliphatic rings. The molecular weight excluding hydrogens is 459 g/mol. The molecule has 36 heavy (non-hydrogen) atoms. The van der Waals surface area contributed by atoms with Gasteiger partial charge in [0, 0.05) is 25.6 Å². The Morgan fingerprint density at radius 1 is 1.00 bits per heavy atom. The first-order valence-corrected chi connectivity index (χ1v) is 12.1. The number of amides is 2. The van der Waals surface area contributed by atoms with Crippen LogP contribution in [0.25, 0.3) is 0 Å². The molecule has 2 fully saturated rings.